The van der Waals surface area contributed by atoms with Gasteiger partial charge >= 0.3 is 0 Å². The first-order valence-electron chi connectivity index (χ1n) is 6.43. The van der Waals surface area contributed by atoms with Crippen LogP contribution in [0.25, 0.3) is 0 Å². The molecule has 0 fully saturated rings. The maximum atomic E-state index is 3.75. The van der Waals surface area contributed by atoms with Crippen LogP contribution in [0.1, 0.15) is 12.8 Å². The molecule has 0 bridgehead atoms. The maximum absolute atomic E-state index is 3.75. The highest BCUT2D eigenvalue weighted by Gasteiger charge is 2.02. The number of nitrogens with zero attached hydrogens (tertiary/aromatic N) is 2. The van der Waals surface area contributed by atoms with Gasteiger partial charge in [0.15, 0.2) is 0 Å². The summed E-state index contributed by atoms with van der Waals surface area (Å²) in [7, 11) is 4.22. The Morgan fingerprint density at radius 2 is 1.17 bits per heavy atom. The van der Waals surface area contributed by atoms with E-state index in [0.717, 1.165) is 25.9 Å². The fourth-order valence-corrected chi connectivity index (χ4v) is 1.79. The van der Waals surface area contributed by atoms with Gasteiger partial charge in [-0.05, 0) is 37.1 Å². The zero-order valence-electron chi connectivity index (χ0n) is 11.6. The average molecular weight is 244 g/mol. The number of anilines is 2. The van der Waals surface area contributed by atoms with Gasteiger partial charge in [-0.2, -0.15) is 0 Å². The second-order valence-corrected chi connectivity index (χ2v) is 4.51. The number of hydrogen-bond acceptors (Lipinski definition) is 2. The molecule has 1 aromatic rings. The van der Waals surface area contributed by atoms with Crippen LogP contribution in [0.2, 0.25) is 0 Å². The van der Waals surface area contributed by atoms with Crippen LogP contribution >= 0.6 is 0 Å². The molecular formula is C16H24N2. The Morgan fingerprint density at radius 1 is 0.833 bits per heavy atom. The predicted octanol–water partition coefficient (Wildman–Crippen LogP) is 3.71. The van der Waals surface area contributed by atoms with Crippen LogP contribution in [0.4, 0.5) is 11.4 Å². The summed E-state index contributed by atoms with van der Waals surface area (Å²) in [6, 6.07) is 8.68. The SMILES string of the molecule is C=CCCN(C)c1ccc(N(C)CCC=C)cc1. The molecular weight excluding hydrogens is 220 g/mol. The maximum Gasteiger partial charge on any atom is 0.0365 e. The number of benzene rings is 1. The van der Waals surface area contributed by atoms with E-state index in [0.29, 0.717) is 0 Å². The monoisotopic (exact) mass is 244 g/mol. The summed E-state index contributed by atoms with van der Waals surface area (Å²) in [5, 5.41) is 0. The molecule has 0 aliphatic heterocycles. The summed E-state index contributed by atoms with van der Waals surface area (Å²) in [5.41, 5.74) is 2.50. The summed E-state index contributed by atoms with van der Waals surface area (Å²) in [5.74, 6) is 0. The molecule has 1 aromatic carbocycles. The standard InChI is InChI=1S/C16H24N2/c1-5-7-13-17(3)15-9-11-16(12-10-15)18(4)14-8-6-2/h5-6,9-12H,1-2,7-8,13-14H2,3-4H3. The summed E-state index contributed by atoms with van der Waals surface area (Å²) >= 11 is 0. The average Bonchev–Trinajstić information content (AvgIpc) is 2.42. The van der Waals surface area contributed by atoms with E-state index in [4.69, 9.17) is 0 Å². The zero-order valence-corrected chi connectivity index (χ0v) is 11.6. The van der Waals surface area contributed by atoms with Gasteiger partial charge < -0.3 is 9.80 Å². The first kappa shape index (κ1) is 14.4. The van der Waals surface area contributed by atoms with Crippen LogP contribution in [0.5, 0.6) is 0 Å². The Labute approximate surface area is 111 Å². The Hall–Kier alpha value is -1.70. The molecule has 0 aromatic heterocycles. The van der Waals surface area contributed by atoms with Crippen molar-refractivity contribution in [3.63, 3.8) is 0 Å². The third kappa shape index (κ3) is 4.28. The van der Waals surface area contributed by atoms with Gasteiger partial charge in [0.25, 0.3) is 0 Å². The third-order valence-corrected chi connectivity index (χ3v) is 3.07. The van der Waals surface area contributed by atoms with Crippen molar-refractivity contribution in [2.24, 2.45) is 0 Å². The summed E-state index contributed by atoms with van der Waals surface area (Å²) in [4.78, 5) is 4.49. The van der Waals surface area contributed by atoms with Gasteiger partial charge in [-0.25, -0.2) is 0 Å². The molecule has 0 saturated carbocycles. The molecule has 98 valence electrons. The van der Waals surface area contributed by atoms with E-state index >= 15 is 0 Å². The van der Waals surface area contributed by atoms with Gasteiger partial charge in [-0.1, -0.05) is 12.2 Å². The fourth-order valence-electron chi connectivity index (χ4n) is 1.79. The summed E-state index contributed by atoms with van der Waals surface area (Å²) in [6.45, 7) is 9.52. The van der Waals surface area contributed by atoms with Crippen molar-refractivity contribution in [1.82, 2.24) is 0 Å². The van der Waals surface area contributed by atoms with Gasteiger partial charge in [0, 0.05) is 38.6 Å². The van der Waals surface area contributed by atoms with Crippen molar-refractivity contribution in [3.8, 4) is 0 Å². The molecule has 0 unspecified atom stereocenters. The highest BCUT2D eigenvalue weighted by molar-refractivity contribution is 5.55. The lowest BCUT2D eigenvalue weighted by Gasteiger charge is -2.22. The van der Waals surface area contributed by atoms with E-state index < -0.39 is 0 Å². The molecule has 0 spiro atoms. The molecule has 1 rings (SSSR count). The largest absolute Gasteiger partial charge is 0.374 e. The lowest BCUT2D eigenvalue weighted by Crippen LogP contribution is -2.19. The van der Waals surface area contributed by atoms with Crippen molar-refractivity contribution in [2.45, 2.75) is 12.8 Å². The molecule has 0 radical (unpaired) electrons. The summed E-state index contributed by atoms with van der Waals surface area (Å²) in [6.07, 6.45) is 5.93. The van der Waals surface area contributed by atoms with Crippen molar-refractivity contribution in [2.75, 3.05) is 37.0 Å². The van der Waals surface area contributed by atoms with Crippen LogP contribution < -0.4 is 9.80 Å². The molecule has 0 aliphatic carbocycles. The van der Waals surface area contributed by atoms with Gasteiger partial charge in [-0.15, -0.1) is 13.2 Å². The van der Waals surface area contributed by atoms with Crippen LogP contribution in [0, 0.1) is 0 Å². The van der Waals surface area contributed by atoms with Crippen LogP contribution in [-0.4, -0.2) is 27.2 Å². The van der Waals surface area contributed by atoms with Gasteiger partial charge in [-0.3, -0.25) is 0 Å². The van der Waals surface area contributed by atoms with Gasteiger partial charge in [0.1, 0.15) is 0 Å². The predicted molar refractivity (Wildman–Crippen MR) is 82.6 cm³/mol. The lowest BCUT2D eigenvalue weighted by molar-refractivity contribution is 0.891. The molecule has 0 aliphatic rings. The highest BCUT2D eigenvalue weighted by Crippen LogP contribution is 2.19. The number of rotatable bonds is 8. The van der Waals surface area contributed by atoms with E-state index in [1.807, 2.05) is 12.2 Å². The molecule has 0 atom stereocenters. The second kappa shape index (κ2) is 7.59. The lowest BCUT2D eigenvalue weighted by atomic mass is 10.2. The van der Waals surface area contributed by atoms with Crippen LogP contribution in [0.3, 0.4) is 0 Å². The highest BCUT2D eigenvalue weighted by atomic mass is 15.1. The van der Waals surface area contributed by atoms with E-state index in [2.05, 4.69) is 61.3 Å². The van der Waals surface area contributed by atoms with Crippen molar-refractivity contribution in [3.05, 3.63) is 49.6 Å². The molecule has 18 heavy (non-hydrogen) atoms. The van der Waals surface area contributed by atoms with Gasteiger partial charge in [0.2, 0.25) is 0 Å². The minimum atomic E-state index is 1.01. The Bertz CT molecular complexity index is 330. The van der Waals surface area contributed by atoms with Crippen molar-refractivity contribution >= 4 is 11.4 Å². The van der Waals surface area contributed by atoms with Crippen LogP contribution in [0.15, 0.2) is 49.6 Å². The van der Waals surface area contributed by atoms with Crippen LogP contribution in [-0.2, 0) is 0 Å². The molecule has 0 N–H and O–H groups in total. The molecule has 2 heteroatoms. The molecule has 2 nitrogen and oxygen atoms in total. The topological polar surface area (TPSA) is 6.48 Å². The zero-order chi connectivity index (χ0) is 13.4. The van der Waals surface area contributed by atoms with E-state index in [1.54, 1.807) is 0 Å². The first-order valence-corrected chi connectivity index (χ1v) is 6.43. The smallest absolute Gasteiger partial charge is 0.0365 e. The third-order valence-electron chi connectivity index (χ3n) is 3.07. The number of hydrogen-bond donors (Lipinski definition) is 0. The van der Waals surface area contributed by atoms with Gasteiger partial charge in [0.05, 0.1) is 0 Å². The van der Waals surface area contributed by atoms with E-state index in [1.165, 1.54) is 11.4 Å². The Morgan fingerprint density at radius 3 is 1.44 bits per heavy atom. The normalized spacial score (nSPS) is 9.89. The quantitative estimate of drug-likeness (QED) is 0.643. The van der Waals surface area contributed by atoms with E-state index in [9.17, 15) is 0 Å². The molecule has 0 heterocycles. The Balaban J connectivity index is 2.61. The first-order chi connectivity index (χ1) is 8.69. The minimum Gasteiger partial charge on any atom is -0.374 e. The van der Waals surface area contributed by atoms with E-state index in [-0.39, 0.29) is 0 Å². The second-order valence-electron chi connectivity index (χ2n) is 4.51. The summed E-state index contributed by atoms with van der Waals surface area (Å²) < 4.78 is 0. The minimum absolute atomic E-state index is 1.01. The van der Waals surface area contributed by atoms with Crippen molar-refractivity contribution < 1.29 is 0 Å². The van der Waals surface area contributed by atoms with Crippen molar-refractivity contribution in [1.29, 1.82) is 0 Å². The fraction of sp³-hybridized carbons (Fsp3) is 0.375. The Kier molecular flexibility index (Phi) is 6.06. The molecule has 0 amide bonds. The molecule has 0 saturated heterocycles.